The zero-order chi connectivity index (χ0) is 14.8. The second-order valence-corrected chi connectivity index (χ2v) is 8.17. The van der Waals surface area contributed by atoms with E-state index in [9.17, 15) is 13.2 Å². The van der Waals surface area contributed by atoms with E-state index in [0.29, 0.717) is 6.42 Å². The molecule has 1 aliphatic heterocycles. The van der Waals surface area contributed by atoms with E-state index in [-0.39, 0.29) is 30.0 Å². The van der Waals surface area contributed by atoms with Crippen LogP contribution in [0.5, 0.6) is 0 Å². The summed E-state index contributed by atoms with van der Waals surface area (Å²) < 4.78 is 23.8. The molecule has 1 aliphatic rings. The predicted molar refractivity (Wildman–Crippen MR) is 82.5 cm³/mol. The summed E-state index contributed by atoms with van der Waals surface area (Å²) in [6, 6.07) is 7.26. The van der Waals surface area contributed by atoms with Crippen LogP contribution in [0.4, 0.5) is 5.69 Å². The van der Waals surface area contributed by atoms with Crippen LogP contribution in [-0.4, -0.2) is 50.4 Å². The predicted octanol–water partition coefficient (Wildman–Crippen LogP) is 1.51. The van der Waals surface area contributed by atoms with Crippen molar-refractivity contribution in [1.29, 1.82) is 0 Å². The van der Waals surface area contributed by atoms with Gasteiger partial charge in [0.15, 0.2) is 9.84 Å². The molecule has 0 spiro atoms. The Bertz CT molecular complexity index is 586. The van der Waals surface area contributed by atoms with Crippen LogP contribution in [0.2, 0.25) is 0 Å². The molecule has 1 N–H and O–H groups in total. The fourth-order valence-corrected chi connectivity index (χ4v) is 4.28. The Morgan fingerprint density at radius 1 is 1.40 bits per heavy atom. The van der Waals surface area contributed by atoms with Gasteiger partial charge in [0, 0.05) is 16.2 Å². The third-order valence-corrected chi connectivity index (χ3v) is 5.63. The van der Waals surface area contributed by atoms with Crippen LogP contribution < -0.4 is 5.32 Å². The fraction of sp³-hybridized carbons (Fsp3) is 0.462. The van der Waals surface area contributed by atoms with Crippen molar-refractivity contribution in [3.8, 4) is 0 Å². The van der Waals surface area contributed by atoms with E-state index < -0.39 is 9.84 Å². The topological polar surface area (TPSA) is 66.5 Å². The number of carbonyl (C=O) groups excluding carboxylic acids is 1. The molecule has 0 aliphatic carbocycles. The van der Waals surface area contributed by atoms with E-state index in [0.717, 1.165) is 10.2 Å². The number of benzene rings is 1. The smallest absolute Gasteiger partial charge is 0.238 e. The molecule has 1 atom stereocenters. The molecule has 0 radical (unpaired) electrons. The molecule has 1 aromatic carbocycles. The molecule has 1 fully saturated rings. The number of anilines is 1. The highest BCUT2D eigenvalue weighted by molar-refractivity contribution is 9.10. The number of carbonyl (C=O) groups is 1. The largest absolute Gasteiger partial charge is 0.325 e. The third kappa shape index (κ3) is 4.29. The zero-order valence-corrected chi connectivity index (χ0v) is 13.6. The molecule has 1 aromatic rings. The number of hydrogen-bond donors (Lipinski definition) is 1. The van der Waals surface area contributed by atoms with Gasteiger partial charge in [-0.25, -0.2) is 8.42 Å². The first-order chi connectivity index (χ1) is 9.35. The molecule has 2 rings (SSSR count). The van der Waals surface area contributed by atoms with Crippen molar-refractivity contribution in [3.63, 3.8) is 0 Å². The quantitative estimate of drug-likeness (QED) is 0.883. The molecule has 20 heavy (non-hydrogen) atoms. The number of hydrogen-bond acceptors (Lipinski definition) is 4. The molecule has 5 nitrogen and oxygen atoms in total. The number of nitrogens with one attached hydrogen (secondary N) is 1. The van der Waals surface area contributed by atoms with E-state index in [2.05, 4.69) is 21.2 Å². The van der Waals surface area contributed by atoms with E-state index >= 15 is 0 Å². The lowest BCUT2D eigenvalue weighted by atomic mass is 10.2. The standard InChI is InChI=1S/C13H17BrN2O3S/c1-16(12-6-7-20(18,19)9-12)8-13(17)15-11-4-2-10(14)3-5-11/h2-5,12H,6-9H2,1H3,(H,15,17). The highest BCUT2D eigenvalue weighted by Gasteiger charge is 2.31. The van der Waals surface area contributed by atoms with Crippen LogP contribution in [0, 0.1) is 0 Å². The number of amides is 1. The van der Waals surface area contributed by atoms with E-state index in [1.807, 2.05) is 24.3 Å². The van der Waals surface area contributed by atoms with Gasteiger partial charge in [-0.15, -0.1) is 0 Å². The Balaban J connectivity index is 1.87. The van der Waals surface area contributed by atoms with Gasteiger partial charge in [0.25, 0.3) is 0 Å². The average Bonchev–Trinajstić information content (AvgIpc) is 2.73. The van der Waals surface area contributed by atoms with Gasteiger partial charge in [-0.1, -0.05) is 15.9 Å². The number of nitrogens with zero attached hydrogens (tertiary/aromatic N) is 1. The Morgan fingerprint density at radius 2 is 2.05 bits per heavy atom. The molecular weight excluding hydrogens is 344 g/mol. The lowest BCUT2D eigenvalue weighted by Gasteiger charge is -2.22. The minimum atomic E-state index is -2.92. The van der Waals surface area contributed by atoms with Crippen molar-refractivity contribution in [2.45, 2.75) is 12.5 Å². The van der Waals surface area contributed by atoms with Crippen molar-refractivity contribution >= 4 is 37.4 Å². The first-order valence-corrected chi connectivity index (χ1v) is 8.93. The van der Waals surface area contributed by atoms with Crippen LogP contribution in [0.1, 0.15) is 6.42 Å². The molecule has 1 saturated heterocycles. The molecule has 1 amide bonds. The lowest BCUT2D eigenvalue weighted by Crippen LogP contribution is -2.38. The summed E-state index contributed by atoms with van der Waals surface area (Å²) >= 11 is 3.33. The van der Waals surface area contributed by atoms with Gasteiger partial charge < -0.3 is 5.32 Å². The maximum absolute atomic E-state index is 11.9. The minimum Gasteiger partial charge on any atom is -0.325 e. The Labute approximate surface area is 127 Å². The molecule has 110 valence electrons. The monoisotopic (exact) mass is 360 g/mol. The summed E-state index contributed by atoms with van der Waals surface area (Å²) in [7, 11) is -1.13. The summed E-state index contributed by atoms with van der Waals surface area (Å²) in [5, 5.41) is 2.79. The SMILES string of the molecule is CN(CC(=O)Nc1ccc(Br)cc1)C1CCS(=O)(=O)C1. The third-order valence-electron chi connectivity index (χ3n) is 3.35. The van der Waals surface area contributed by atoms with Gasteiger partial charge in [0.1, 0.15) is 0 Å². The molecule has 1 unspecified atom stereocenters. The highest BCUT2D eigenvalue weighted by atomic mass is 79.9. The Hall–Kier alpha value is -0.920. The van der Waals surface area contributed by atoms with Crippen molar-refractivity contribution in [1.82, 2.24) is 4.90 Å². The van der Waals surface area contributed by atoms with Gasteiger partial charge >= 0.3 is 0 Å². The zero-order valence-electron chi connectivity index (χ0n) is 11.2. The van der Waals surface area contributed by atoms with Crippen LogP contribution in [0.25, 0.3) is 0 Å². The normalized spacial score (nSPS) is 21.1. The van der Waals surface area contributed by atoms with Crippen LogP contribution in [0.3, 0.4) is 0 Å². The number of sulfone groups is 1. The number of halogens is 1. The highest BCUT2D eigenvalue weighted by Crippen LogP contribution is 2.17. The maximum atomic E-state index is 11.9. The van der Waals surface area contributed by atoms with Gasteiger partial charge in [0.2, 0.25) is 5.91 Å². The van der Waals surface area contributed by atoms with Crippen LogP contribution >= 0.6 is 15.9 Å². The minimum absolute atomic E-state index is 0.0596. The number of rotatable bonds is 4. The molecular formula is C13H17BrN2O3S. The fourth-order valence-electron chi connectivity index (χ4n) is 2.21. The van der Waals surface area contributed by atoms with Crippen LogP contribution in [0.15, 0.2) is 28.7 Å². The van der Waals surface area contributed by atoms with Crippen molar-refractivity contribution < 1.29 is 13.2 Å². The van der Waals surface area contributed by atoms with E-state index in [1.54, 1.807) is 11.9 Å². The summed E-state index contributed by atoms with van der Waals surface area (Å²) in [4.78, 5) is 13.7. The van der Waals surface area contributed by atoms with Crippen molar-refractivity contribution in [3.05, 3.63) is 28.7 Å². The van der Waals surface area contributed by atoms with Gasteiger partial charge in [-0.05, 0) is 37.7 Å². The molecule has 7 heteroatoms. The summed E-state index contributed by atoms with van der Waals surface area (Å²) in [6.07, 6.45) is 0.602. The van der Waals surface area contributed by atoms with Crippen molar-refractivity contribution in [2.24, 2.45) is 0 Å². The van der Waals surface area contributed by atoms with Gasteiger partial charge in [-0.2, -0.15) is 0 Å². The molecule has 0 aromatic heterocycles. The summed E-state index contributed by atoms with van der Waals surface area (Å²) in [5.74, 6) is 0.227. The first-order valence-electron chi connectivity index (χ1n) is 6.32. The first kappa shape index (κ1) is 15.5. The summed E-state index contributed by atoms with van der Waals surface area (Å²) in [6.45, 7) is 0.191. The Morgan fingerprint density at radius 3 is 2.60 bits per heavy atom. The lowest BCUT2D eigenvalue weighted by molar-refractivity contribution is -0.117. The molecule has 0 bridgehead atoms. The molecule has 0 saturated carbocycles. The summed E-state index contributed by atoms with van der Waals surface area (Å²) in [5.41, 5.74) is 0.727. The second-order valence-electron chi connectivity index (χ2n) is 5.03. The van der Waals surface area contributed by atoms with Crippen molar-refractivity contribution in [2.75, 3.05) is 30.4 Å². The molecule has 1 heterocycles. The Kier molecular flexibility index (Phi) is 4.82. The average molecular weight is 361 g/mol. The maximum Gasteiger partial charge on any atom is 0.238 e. The van der Waals surface area contributed by atoms with E-state index in [4.69, 9.17) is 0 Å². The number of likely N-dealkylation sites (N-methyl/N-ethyl adjacent to an activating group) is 1. The van der Waals surface area contributed by atoms with Gasteiger partial charge in [0.05, 0.1) is 18.1 Å². The van der Waals surface area contributed by atoms with Crippen LogP contribution in [-0.2, 0) is 14.6 Å². The second kappa shape index (κ2) is 6.24. The van der Waals surface area contributed by atoms with E-state index in [1.165, 1.54) is 0 Å². The van der Waals surface area contributed by atoms with Gasteiger partial charge in [-0.3, -0.25) is 9.69 Å².